The number of benzene rings is 1. The van der Waals surface area contributed by atoms with E-state index in [1.54, 1.807) is 36.8 Å². The van der Waals surface area contributed by atoms with E-state index in [4.69, 9.17) is 4.42 Å². The van der Waals surface area contributed by atoms with E-state index in [1.807, 2.05) is 6.07 Å². The van der Waals surface area contributed by atoms with Gasteiger partial charge in [0.1, 0.15) is 5.54 Å². The highest BCUT2D eigenvalue weighted by Crippen LogP contribution is 2.23. The lowest BCUT2D eigenvalue weighted by Crippen LogP contribution is -2.50. The zero-order chi connectivity index (χ0) is 15.6. The van der Waals surface area contributed by atoms with Gasteiger partial charge in [-0.1, -0.05) is 12.1 Å². The number of aliphatic carboxylic acids is 1. The van der Waals surface area contributed by atoms with Gasteiger partial charge in [0.05, 0.1) is 12.5 Å². The molecule has 1 N–H and O–H groups in total. The van der Waals surface area contributed by atoms with Crippen LogP contribution in [0, 0.1) is 0 Å². The van der Waals surface area contributed by atoms with Crippen molar-refractivity contribution < 1.29 is 19.1 Å². The lowest BCUT2D eigenvalue weighted by atomic mass is 10.0. The molecular formula is C16H17NO4. The minimum absolute atomic E-state index is 0.340. The Bertz CT molecular complexity index is 659. The highest BCUT2D eigenvalue weighted by Gasteiger charge is 2.35. The number of hydrogen-bond acceptors (Lipinski definition) is 3. The summed E-state index contributed by atoms with van der Waals surface area (Å²) in [5.41, 5.74) is 0.870. The quantitative estimate of drug-likeness (QED) is 0.938. The van der Waals surface area contributed by atoms with Crippen LogP contribution in [0.1, 0.15) is 24.2 Å². The maximum Gasteiger partial charge on any atom is 0.329 e. The first-order valence-corrected chi connectivity index (χ1v) is 6.48. The predicted molar refractivity (Wildman–Crippen MR) is 78.0 cm³/mol. The summed E-state index contributed by atoms with van der Waals surface area (Å²) in [6.07, 6.45) is 3.15. The van der Waals surface area contributed by atoms with E-state index in [0.717, 1.165) is 11.1 Å². The zero-order valence-corrected chi connectivity index (χ0v) is 12.2. The Labute approximate surface area is 122 Å². The van der Waals surface area contributed by atoms with Gasteiger partial charge in [0.15, 0.2) is 0 Å². The molecular weight excluding hydrogens is 270 g/mol. The molecule has 0 aliphatic carbocycles. The molecule has 0 unspecified atom stereocenters. The minimum Gasteiger partial charge on any atom is -0.480 e. The highest BCUT2D eigenvalue weighted by molar-refractivity contribution is 5.98. The van der Waals surface area contributed by atoms with Crippen molar-refractivity contribution in [3.8, 4) is 11.1 Å². The van der Waals surface area contributed by atoms with Crippen molar-refractivity contribution in [1.29, 1.82) is 0 Å². The number of carboxylic acids is 1. The Morgan fingerprint density at radius 2 is 1.90 bits per heavy atom. The van der Waals surface area contributed by atoms with Crippen molar-refractivity contribution in [3.05, 3.63) is 48.4 Å². The van der Waals surface area contributed by atoms with Gasteiger partial charge in [-0.15, -0.1) is 0 Å². The fourth-order valence-electron chi connectivity index (χ4n) is 1.85. The molecule has 1 aromatic carbocycles. The number of furan rings is 1. The van der Waals surface area contributed by atoms with Crippen molar-refractivity contribution in [2.24, 2.45) is 0 Å². The first-order valence-electron chi connectivity index (χ1n) is 6.48. The third kappa shape index (κ3) is 2.81. The number of rotatable bonds is 4. The molecule has 0 fully saturated rings. The van der Waals surface area contributed by atoms with Crippen LogP contribution in [-0.4, -0.2) is 34.5 Å². The molecule has 1 aromatic heterocycles. The first kappa shape index (κ1) is 14.8. The molecule has 0 radical (unpaired) electrons. The van der Waals surface area contributed by atoms with Gasteiger partial charge in [0.25, 0.3) is 5.91 Å². The Balaban J connectivity index is 2.32. The molecule has 0 atom stereocenters. The van der Waals surface area contributed by atoms with Gasteiger partial charge in [0, 0.05) is 18.2 Å². The highest BCUT2D eigenvalue weighted by atomic mass is 16.4. The monoisotopic (exact) mass is 287 g/mol. The van der Waals surface area contributed by atoms with Crippen LogP contribution in [0.4, 0.5) is 0 Å². The Hall–Kier alpha value is -2.56. The van der Waals surface area contributed by atoms with Crippen LogP contribution in [0.3, 0.4) is 0 Å². The third-order valence-electron chi connectivity index (χ3n) is 3.63. The van der Waals surface area contributed by atoms with Gasteiger partial charge in [-0.25, -0.2) is 4.79 Å². The normalized spacial score (nSPS) is 11.2. The molecule has 1 amide bonds. The molecule has 2 aromatic rings. The molecule has 5 heteroatoms. The number of hydrogen-bond donors (Lipinski definition) is 1. The standard InChI is InChI=1S/C16H17NO4/c1-16(2,15(19)20)17(3)14(18)12-6-4-5-11(9-12)13-7-8-21-10-13/h4-10H,1-3H3,(H,19,20). The molecule has 0 saturated heterocycles. The van der Waals surface area contributed by atoms with Crippen LogP contribution in [0.25, 0.3) is 11.1 Å². The van der Waals surface area contributed by atoms with Crippen molar-refractivity contribution in [2.75, 3.05) is 7.05 Å². The zero-order valence-electron chi connectivity index (χ0n) is 12.2. The first-order chi connectivity index (χ1) is 9.84. The summed E-state index contributed by atoms with van der Waals surface area (Å²) >= 11 is 0. The SMILES string of the molecule is CN(C(=O)c1cccc(-c2ccoc2)c1)C(C)(C)C(=O)O. The molecule has 110 valence electrons. The minimum atomic E-state index is -1.28. The van der Waals surface area contributed by atoms with Crippen LogP contribution in [0.15, 0.2) is 47.3 Å². The lowest BCUT2D eigenvalue weighted by Gasteiger charge is -2.31. The van der Waals surface area contributed by atoms with Crippen molar-refractivity contribution >= 4 is 11.9 Å². The second-order valence-corrected chi connectivity index (χ2v) is 5.32. The number of amides is 1. The lowest BCUT2D eigenvalue weighted by molar-refractivity contribution is -0.147. The van der Waals surface area contributed by atoms with Crippen LogP contribution in [-0.2, 0) is 4.79 Å². The van der Waals surface area contributed by atoms with E-state index < -0.39 is 11.5 Å². The van der Waals surface area contributed by atoms with E-state index in [-0.39, 0.29) is 5.91 Å². The van der Waals surface area contributed by atoms with Gasteiger partial charge in [0.2, 0.25) is 0 Å². The Morgan fingerprint density at radius 3 is 2.48 bits per heavy atom. The van der Waals surface area contributed by atoms with Gasteiger partial charge < -0.3 is 14.4 Å². The molecule has 0 bridgehead atoms. The smallest absolute Gasteiger partial charge is 0.329 e. The molecule has 0 spiro atoms. The average molecular weight is 287 g/mol. The number of likely N-dealkylation sites (N-methyl/N-ethyl adjacent to an activating group) is 1. The van der Waals surface area contributed by atoms with E-state index in [2.05, 4.69) is 0 Å². The molecule has 2 rings (SSSR count). The third-order valence-corrected chi connectivity index (χ3v) is 3.63. The topological polar surface area (TPSA) is 70.8 Å². The summed E-state index contributed by atoms with van der Waals surface area (Å²) in [4.78, 5) is 24.9. The summed E-state index contributed by atoms with van der Waals surface area (Å²) in [7, 11) is 1.49. The van der Waals surface area contributed by atoms with E-state index in [9.17, 15) is 14.7 Å². The van der Waals surface area contributed by atoms with Crippen LogP contribution in [0.2, 0.25) is 0 Å². The van der Waals surface area contributed by atoms with Crippen LogP contribution >= 0.6 is 0 Å². The number of carbonyl (C=O) groups excluding carboxylic acids is 1. The maximum atomic E-state index is 12.5. The summed E-state index contributed by atoms with van der Waals surface area (Å²) in [5.74, 6) is -1.39. The predicted octanol–water partition coefficient (Wildman–Crippen LogP) is 2.88. The van der Waals surface area contributed by atoms with Crippen molar-refractivity contribution in [2.45, 2.75) is 19.4 Å². The number of carboxylic acid groups (broad SMARTS) is 1. The van der Waals surface area contributed by atoms with E-state index >= 15 is 0 Å². The van der Waals surface area contributed by atoms with Gasteiger partial charge in [-0.05, 0) is 37.6 Å². The summed E-state index contributed by atoms with van der Waals surface area (Å²) in [6, 6.07) is 8.82. The van der Waals surface area contributed by atoms with E-state index in [1.165, 1.54) is 25.8 Å². The molecule has 0 aliphatic rings. The second-order valence-electron chi connectivity index (χ2n) is 5.32. The molecule has 21 heavy (non-hydrogen) atoms. The van der Waals surface area contributed by atoms with E-state index in [0.29, 0.717) is 5.56 Å². The van der Waals surface area contributed by atoms with Gasteiger partial charge in [-0.2, -0.15) is 0 Å². The molecule has 0 saturated carbocycles. The molecule has 1 heterocycles. The van der Waals surface area contributed by atoms with Crippen molar-refractivity contribution in [3.63, 3.8) is 0 Å². The maximum absolute atomic E-state index is 12.5. The molecule has 0 aliphatic heterocycles. The van der Waals surface area contributed by atoms with Gasteiger partial charge >= 0.3 is 5.97 Å². The molecule has 5 nitrogen and oxygen atoms in total. The summed E-state index contributed by atoms with van der Waals surface area (Å²) in [6.45, 7) is 2.99. The summed E-state index contributed by atoms with van der Waals surface area (Å²) < 4.78 is 5.03. The Morgan fingerprint density at radius 1 is 1.19 bits per heavy atom. The van der Waals surface area contributed by atoms with Gasteiger partial charge in [-0.3, -0.25) is 4.79 Å². The van der Waals surface area contributed by atoms with Crippen molar-refractivity contribution in [1.82, 2.24) is 4.90 Å². The number of nitrogens with zero attached hydrogens (tertiary/aromatic N) is 1. The largest absolute Gasteiger partial charge is 0.480 e. The fraction of sp³-hybridized carbons (Fsp3) is 0.250. The number of carbonyl (C=O) groups is 2. The second kappa shape index (κ2) is 5.44. The van der Waals surface area contributed by atoms with Crippen LogP contribution in [0.5, 0.6) is 0 Å². The summed E-state index contributed by atoms with van der Waals surface area (Å²) in [5, 5.41) is 9.21. The van der Waals surface area contributed by atoms with Crippen LogP contribution < -0.4 is 0 Å². The Kier molecular flexibility index (Phi) is 3.84. The average Bonchev–Trinajstić information content (AvgIpc) is 2.99. The fourth-order valence-corrected chi connectivity index (χ4v) is 1.85.